The van der Waals surface area contributed by atoms with Crippen molar-refractivity contribution in [3.05, 3.63) is 83.2 Å². The van der Waals surface area contributed by atoms with E-state index >= 15 is 0 Å². The van der Waals surface area contributed by atoms with Crippen LogP contribution in [0.3, 0.4) is 0 Å². The van der Waals surface area contributed by atoms with Gasteiger partial charge in [0.25, 0.3) is 5.91 Å². The molecule has 1 amide bonds. The molecule has 2 aromatic carbocycles. The zero-order valence-corrected chi connectivity index (χ0v) is 17.4. The van der Waals surface area contributed by atoms with Gasteiger partial charge in [-0.15, -0.1) is 11.3 Å². The van der Waals surface area contributed by atoms with Crippen LogP contribution >= 0.6 is 11.3 Å². The Morgan fingerprint density at radius 2 is 1.59 bits per heavy atom. The summed E-state index contributed by atoms with van der Waals surface area (Å²) in [4.78, 5) is 16.6. The van der Waals surface area contributed by atoms with Crippen LogP contribution < -0.4 is 5.32 Å². The van der Waals surface area contributed by atoms with Crippen molar-refractivity contribution in [2.45, 2.75) is 19.4 Å². The number of aliphatic hydroxyl groups is 1. The van der Waals surface area contributed by atoms with Crippen molar-refractivity contribution in [1.82, 2.24) is 10.2 Å². The van der Waals surface area contributed by atoms with Gasteiger partial charge >= 0.3 is 0 Å². The summed E-state index contributed by atoms with van der Waals surface area (Å²) in [6.07, 6.45) is 1.64. The van der Waals surface area contributed by atoms with Crippen molar-refractivity contribution in [1.29, 1.82) is 0 Å². The molecule has 3 aromatic rings. The number of nitrogens with one attached hydrogen (secondary N) is 1. The summed E-state index contributed by atoms with van der Waals surface area (Å²) in [5.41, 5.74) is 2.40. The highest BCUT2D eigenvalue weighted by molar-refractivity contribution is 7.17. The van der Waals surface area contributed by atoms with Crippen molar-refractivity contribution < 1.29 is 9.90 Å². The van der Waals surface area contributed by atoms with E-state index in [9.17, 15) is 4.79 Å². The molecule has 0 atom stereocenters. The molecule has 0 fully saturated rings. The number of benzene rings is 2. The lowest BCUT2D eigenvalue weighted by molar-refractivity contribution is 0.0955. The molecule has 152 valence electrons. The molecule has 2 N–H and O–H groups in total. The van der Waals surface area contributed by atoms with E-state index in [1.807, 2.05) is 48.5 Å². The Bertz CT molecular complexity index is 865. The molecular weight excluding hydrogens is 380 g/mol. The largest absolute Gasteiger partial charge is 0.396 e. The highest BCUT2D eigenvalue weighted by Gasteiger charge is 2.10. The Balaban J connectivity index is 1.45. The number of carbonyl (C=O) groups excluding carboxylic acids is 1. The fourth-order valence-corrected chi connectivity index (χ4v) is 4.14. The second-order valence-corrected chi connectivity index (χ2v) is 8.06. The second kappa shape index (κ2) is 11.5. The average molecular weight is 409 g/mol. The van der Waals surface area contributed by atoms with Crippen LogP contribution in [0.15, 0.2) is 72.8 Å². The maximum atomic E-state index is 12.4. The van der Waals surface area contributed by atoms with Gasteiger partial charge in [-0.1, -0.05) is 60.7 Å². The van der Waals surface area contributed by atoms with Crippen LogP contribution in [-0.2, 0) is 6.54 Å². The number of carbonyl (C=O) groups is 1. The van der Waals surface area contributed by atoms with E-state index in [4.69, 9.17) is 5.11 Å². The van der Waals surface area contributed by atoms with Crippen LogP contribution in [0.4, 0.5) is 0 Å². The fourth-order valence-electron chi connectivity index (χ4n) is 3.22. The van der Waals surface area contributed by atoms with Crippen LogP contribution in [0.25, 0.3) is 10.4 Å². The van der Waals surface area contributed by atoms with Gasteiger partial charge in [-0.25, -0.2) is 0 Å². The Morgan fingerprint density at radius 1 is 0.897 bits per heavy atom. The van der Waals surface area contributed by atoms with Crippen LogP contribution in [0.2, 0.25) is 0 Å². The first-order chi connectivity index (χ1) is 14.3. The lowest BCUT2D eigenvalue weighted by Gasteiger charge is -2.22. The Hall–Kier alpha value is -2.47. The molecule has 0 aliphatic carbocycles. The molecule has 1 heterocycles. The minimum Gasteiger partial charge on any atom is -0.396 e. The molecule has 0 unspecified atom stereocenters. The van der Waals surface area contributed by atoms with E-state index in [0.29, 0.717) is 6.54 Å². The molecule has 3 rings (SSSR count). The summed E-state index contributed by atoms with van der Waals surface area (Å²) >= 11 is 1.52. The van der Waals surface area contributed by atoms with Crippen molar-refractivity contribution in [3.8, 4) is 10.4 Å². The van der Waals surface area contributed by atoms with Gasteiger partial charge < -0.3 is 10.4 Å². The molecule has 0 saturated heterocycles. The third-order valence-electron chi connectivity index (χ3n) is 4.71. The van der Waals surface area contributed by atoms with Crippen molar-refractivity contribution in [3.63, 3.8) is 0 Å². The van der Waals surface area contributed by atoms with Crippen molar-refractivity contribution in [2.75, 3.05) is 26.2 Å². The lowest BCUT2D eigenvalue weighted by atomic mass is 10.2. The summed E-state index contributed by atoms with van der Waals surface area (Å²) < 4.78 is 0. The molecule has 0 radical (unpaired) electrons. The SMILES string of the molecule is O=C(NCCCN(CCCO)Cc1ccccc1)c1ccc(-c2ccccc2)s1. The first-order valence-electron chi connectivity index (χ1n) is 10.1. The van der Waals surface area contributed by atoms with Gasteiger partial charge in [0.2, 0.25) is 0 Å². The Morgan fingerprint density at radius 3 is 2.31 bits per heavy atom. The number of hydrogen-bond acceptors (Lipinski definition) is 4. The fraction of sp³-hybridized carbons (Fsp3) is 0.292. The summed E-state index contributed by atoms with van der Waals surface area (Å²) in [5.74, 6) is -0.0119. The third-order valence-corrected chi connectivity index (χ3v) is 5.84. The van der Waals surface area contributed by atoms with Crippen LogP contribution in [0.5, 0.6) is 0 Å². The molecule has 0 aliphatic heterocycles. The zero-order valence-electron chi connectivity index (χ0n) is 16.6. The summed E-state index contributed by atoms with van der Waals surface area (Å²) in [7, 11) is 0. The van der Waals surface area contributed by atoms with E-state index in [2.05, 4.69) is 34.5 Å². The maximum Gasteiger partial charge on any atom is 0.261 e. The number of thiophene rings is 1. The van der Waals surface area contributed by atoms with Gasteiger partial charge in [-0.3, -0.25) is 9.69 Å². The molecular formula is C24H28N2O2S. The molecule has 0 aliphatic rings. The van der Waals surface area contributed by atoms with Crippen molar-refractivity contribution in [2.24, 2.45) is 0 Å². The van der Waals surface area contributed by atoms with Gasteiger partial charge in [0.1, 0.15) is 0 Å². The monoisotopic (exact) mass is 408 g/mol. The third kappa shape index (κ3) is 6.82. The van der Waals surface area contributed by atoms with E-state index in [0.717, 1.165) is 47.8 Å². The van der Waals surface area contributed by atoms with Gasteiger partial charge in [0, 0.05) is 37.7 Å². The maximum absolute atomic E-state index is 12.4. The lowest BCUT2D eigenvalue weighted by Crippen LogP contribution is -2.30. The summed E-state index contributed by atoms with van der Waals surface area (Å²) in [5, 5.41) is 12.2. The Kier molecular flexibility index (Phi) is 8.43. The normalized spacial score (nSPS) is 11.0. The highest BCUT2D eigenvalue weighted by Crippen LogP contribution is 2.27. The van der Waals surface area contributed by atoms with Crippen LogP contribution in [-0.4, -0.2) is 42.2 Å². The number of rotatable bonds is 11. The van der Waals surface area contributed by atoms with Gasteiger partial charge in [0.05, 0.1) is 4.88 Å². The summed E-state index contributed by atoms with van der Waals surface area (Å²) in [6, 6.07) is 24.4. The molecule has 1 aromatic heterocycles. The topological polar surface area (TPSA) is 52.6 Å². The number of aliphatic hydroxyl groups excluding tert-OH is 1. The average Bonchev–Trinajstić information content (AvgIpc) is 3.26. The molecule has 0 spiro atoms. The smallest absolute Gasteiger partial charge is 0.261 e. The van der Waals surface area contributed by atoms with Crippen molar-refractivity contribution >= 4 is 17.2 Å². The number of nitrogens with zero attached hydrogens (tertiary/aromatic N) is 1. The standard InChI is InChI=1S/C24H28N2O2S/c27-18-8-17-26(19-20-9-3-1-4-10-20)16-7-15-25-24(28)23-14-13-22(29-23)21-11-5-2-6-12-21/h1-6,9-14,27H,7-8,15-19H2,(H,25,28). The molecule has 5 heteroatoms. The van der Waals surface area contributed by atoms with Crippen LogP contribution in [0.1, 0.15) is 28.1 Å². The Labute approximate surface area is 176 Å². The second-order valence-electron chi connectivity index (χ2n) is 6.98. The van der Waals surface area contributed by atoms with E-state index in [-0.39, 0.29) is 12.5 Å². The molecule has 0 bridgehead atoms. The van der Waals surface area contributed by atoms with Gasteiger partial charge in [0.15, 0.2) is 0 Å². The predicted octanol–water partition coefficient (Wildman–Crippen LogP) is 4.42. The minimum absolute atomic E-state index is 0.0119. The highest BCUT2D eigenvalue weighted by atomic mass is 32.1. The number of amides is 1. The van der Waals surface area contributed by atoms with Gasteiger partial charge in [-0.2, -0.15) is 0 Å². The predicted molar refractivity (Wildman–Crippen MR) is 120 cm³/mol. The van der Waals surface area contributed by atoms with Crippen LogP contribution in [0, 0.1) is 0 Å². The minimum atomic E-state index is -0.0119. The first-order valence-corrected chi connectivity index (χ1v) is 10.9. The summed E-state index contributed by atoms with van der Waals surface area (Å²) in [6.45, 7) is 3.44. The first kappa shape index (κ1) is 21.2. The van der Waals surface area contributed by atoms with E-state index in [1.165, 1.54) is 16.9 Å². The molecule has 29 heavy (non-hydrogen) atoms. The zero-order chi connectivity index (χ0) is 20.3. The number of hydrogen-bond donors (Lipinski definition) is 2. The molecule has 4 nitrogen and oxygen atoms in total. The van der Waals surface area contributed by atoms with Gasteiger partial charge in [-0.05, 0) is 36.1 Å². The molecule has 0 saturated carbocycles. The van der Waals surface area contributed by atoms with E-state index in [1.54, 1.807) is 0 Å². The quantitative estimate of drug-likeness (QED) is 0.462. The van der Waals surface area contributed by atoms with E-state index < -0.39 is 0 Å².